The van der Waals surface area contributed by atoms with Gasteiger partial charge in [-0.05, 0) is 94.6 Å². The summed E-state index contributed by atoms with van der Waals surface area (Å²) < 4.78 is 16.9. The van der Waals surface area contributed by atoms with Crippen molar-refractivity contribution in [2.45, 2.75) is 65.1 Å². The van der Waals surface area contributed by atoms with Gasteiger partial charge in [-0.15, -0.1) is 0 Å². The molecule has 1 saturated heterocycles. The Morgan fingerprint density at radius 3 is 2.40 bits per heavy atom. The van der Waals surface area contributed by atoms with Crippen LogP contribution in [0.25, 0.3) is 10.9 Å². The molecule has 254 valence electrons. The number of aryl methyl sites for hydroxylation is 1. The molecule has 2 amide bonds. The van der Waals surface area contributed by atoms with Crippen LogP contribution in [0, 0.1) is 6.92 Å². The number of rotatable bonds is 12. The van der Waals surface area contributed by atoms with Crippen LogP contribution in [0.1, 0.15) is 50.3 Å². The summed E-state index contributed by atoms with van der Waals surface area (Å²) in [5.74, 6) is 0.579. The third kappa shape index (κ3) is 9.34. The van der Waals surface area contributed by atoms with Gasteiger partial charge in [-0.1, -0.05) is 42.5 Å². The predicted molar refractivity (Wildman–Crippen MR) is 187 cm³/mol. The van der Waals surface area contributed by atoms with Crippen molar-refractivity contribution < 1.29 is 23.5 Å². The number of amides is 2. The maximum atomic E-state index is 13.9. The van der Waals surface area contributed by atoms with Gasteiger partial charge in [0.25, 0.3) is 6.01 Å². The number of nitrogens with one attached hydrogen (secondary N) is 2. The summed E-state index contributed by atoms with van der Waals surface area (Å²) in [5, 5.41) is 6.01. The molecule has 0 aliphatic carbocycles. The summed E-state index contributed by atoms with van der Waals surface area (Å²) in [6, 6.07) is 19.8. The van der Waals surface area contributed by atoms with E-state index in [1.54, 1.807) is 51.8 Å². The summed E-state index contributed by atoms with van der Waals surface area (Å²) in [4.78, 5) is 48.1. The molecule has 1 aliphatic rings. The van der Waals surface area contributed by atoms with Gasteiger partial charge in [0.1, 0.15) is 24.0 Å². The second-order valence-electron chi connectivity index (χ2n) is 13.2. The molecule has 1 aromatic heterocycles. The lowest BCUT2D eigenvalue weighted by atomic mass is 10.0. The van der Waals surface area contributed by atoms with E-state index in [0.29, 0.717) is 36.3 Å². The number of nitrogens with zero attached hydrogens (tertiary/aromatic N) is 3. The van der Waals surface area contributed by atoms with Gasteiger partial charge in [0.15, 0.2) is 0 Å². The molecule has 3 aromatic carbocycles. The number of ether oxygens (including phenoxy) is 2. The lowest BCUT2D eigenvalue weighted by Gasteiger charge is -2.25. The maximum absolute atomic E-state index is 13.9. The molecule has 11 nitrogen and oxygen atoms in total. The van der Waals surface area contributed by atoms with Gasteiger partial charge < -0.3 is 24.1 Å². The molecule has 2 heterocycles. The minimum atomic E-state index is -0.789. The lowest BCUT2D eigenvalue weighted by molar-refractivity contribution is -0.131. The molecule has 5 rings (SSSR count). The first-order valence-corrected chi connectivity index (χ1v) is 16.4. The highest BCUT2D eigenvalue weighted by Gasteiger charge is 2.25. The molecule has 1 atom stereocenters. The summed E-state index contributed by atoms with van der Waals surface area (Å²) in [6.07, 6.45) is 2.17. The number of hydrogen-bond donors (Lipinski definition) is 2. The maximum Gasteiger partial charge on any atom is 0.412 e. The fraction of sp³-hybridized carbons (Fsp3) is 0.405. The molecule has 0 radical (unpaired) electrons. The fourth-order valence-electron chi connectivity index (χ4n) is 5.74. The number of likely N-dealkylation sites (N-methyl/N-ethyl adjacent to an activating group) is 1. The van der Waals surface area contributed by atoms with E-state index in [9.17, 15) is 14.4 Å². The normalized spacial score (nSPS) is 14.0. The molecular weight excluding hydrogens is 610 g/mol. The van der Waals surface area contributed by atoms with E-state index in [1.165, 1.54) is 12.8 Å². The van der Waals surface area contributed by atoms with Gasteiger partial charge in [-0.2, -0.15) is 4.98 Å². The van der Waals surface area contributed by atoms with E-state index in [4.69, 9.17) is 13.9 Å². The summed E-state index contributed by atoms with van der Waals surface area (Å²) in [6.45, 7) is 11.2. The second kappa shape index (κ2) is 15.3. The number of anilines is 2. The fourth-order valence-corrected chi connectivity index (χ4v) is 5.74. The average Bonchev–Trinajstić information content (AvgIpc) is 3.56. The van der Waals surface area contributed by atoms with Crippen molar-refractivity contribution in [3.8, 4) is 5.75 Å². The minimum absolute atomic E-state index is 0.0759. The molecule has 4 aromatic rings. The number of aromatic nitrogens is 1. The van der Waals surface area contributed by atoms with Crippen molar-refractivity contribution in [3.63, 3.8) is 0 Å². The molecule has 2 N–H and O–H groups in total. The first kappa shape index (κ1) is 34.4. The highest BCUT2D eigenvalue weighted by atomic mass is 16.6. The first-order valence-electron chi connectivity index (χ1n) is 16.4. The van der Waals surface area contributed by atoms with Crippen molar-refractivity contribution >= 4 is 34.6 Å². The van der Waals surface area contributed by atoms with Crippen molar-refractivity contribution in [3.05, 3.63) is 93.8 Å². The lowest BCUT2D eigenvalue weighted by Crippen LogP contribution is -2.42. The largest absolute Gasteiger partial charge is 0.492 e. The Balaban J connectivity index is 1.34. The Morgan fingerprint density at radius 2 is 1.71 bits per heavy atom. The summed E-state index contributed by atoms with van der Waals surface area (Å²) >= 11 is 0. The first-order chi connectivity index (χ1) is 22.9. The highest BCUT2D eigenvalue weighted by Crippen LogP contribution is 2.25. The zero-order valence-electron chi connectivity index (χ0n) is 28.4. The van der Waals surface area contributed by atoms with Gasteiger partial charge in [0.05, 0.1) is 10.9 Å². The molecule has 0 bridgehead atoms. The number of fused-ring (bicyclic) bond motifs is 1. The van der Waals surface area contributed by atoms with Gasteiger partial charge in [-0.25, -0.2) is 9.59 Å². The number of benzene rings is 3. The van der Waals surface area contributed by atoms with Crippen LogP contribution in [0.4, 0.5) is 16.5 Å². The topological polar surface area (TPSA) is 126 Å². The number of likely N-dealkylation sites (tertiary alicyclic amines) is 1. The molecule has 1 fully saturated rings. The van der Waals surface area contributed by atoms with Crippen molar-refractivity contribution in [1.82, 2.24) is 14.8 Å². The molecular formula is C37H45N5O6. The van der Waals surface area contributed by atoms with E-state index in [-0.39, 0.29) is 17.3 Å². The predicted octanol–water partition coefficient (Wildman–Crippen LogP) is 6.00. The molecule has 48 heavy (non-hydrogen) atoms. The third-order valence-corrected chi connectivity index (χ3v) is 8.17. The SMILES string of the molecule is Cc1c(NC(=O)OC(C)(C)C)ccc2nc(NC(Cc3ccc(OCCN4CCCC4)cc3)C(=O)N(C)Cc3ccccc3)oc(=O)c12. The van der Waals surface area contributed by atoms with Gasteiger partial charge >= 0.3 is 11.7 Å². The molecule has 0 spiro atoms. The highest BCUT2D eigenvalue weighted by molar-refractivity contribution is 5.93. The van der Waals surface area contributed by atoms with E-state index in [0.717, 1.165) is 36.5 Å². The van der Waals surface area contributed by atoms with Crippen LogP contribution in [-0.2, 0) is 22.5 Å². The second-order valence-corrected chi connectivity index (χ2v) is 13.2. The zero-order chi connectivity index (χ0) is 34.3. The van der Waals surface area contributed by atoms with Crippen LogP contribution >= 0.6 is 0 Å². The molecule has 1 unspecified atom stereocenters. The Bertz CT molecular complexity index is 1760. The van der Waals surface area contributed by atoms with Gasteiger partial charge in [0.2, 0.25) is 5.91 Å². The minimum Gasteiger partial charge on any atom is -0.492 e. The van der Waals surface area contributed by atoms with E-state index in [1.807, 2.05) is 54.6 Å². The Hall–Kier alpha value is -4.90. The number of carbonyl (C=O) groups is 2. The molecule has 1 aliphatic heterocycles. The van der Waals surface area contributed by atoms with Crippen molar-refractivity contribution in [1.29, 1.82) is 0 Å². The molecule has 0 saturated carbocycles. The van der Waals surface area contributed by atoms with Crippen LogP contribution in [-0.4, -0.2) is 71.7 Å². The quantitative estimate of drug-likeness (QED) is 0.189. The van der Waals surface area contributed by atoms with E-state index < -0.39 is 23.4 Å². The number of carbonyl (C=O) groups excluding carboxylic acids is 2. The standard InChI is InChI=1S/C37H45N5O6/c1-25-29(40-36(45)48-37(2,3)4)17-18-30-32(25)34(44)47-35(38-30)39-31(33(43)41(5)24-27-11-7-6-8-12-27)23-26-13-15-28(16-14-26)46-22-21-42-19-9-10-20-42/h6-8,11-18,31H,9-10,19-24H2,1-5H3,(H,38,39)(H,40,45). The van der Waals surface area contributed by atoms with Crippen LogP contribution in [0.2, 0.25) is 0 Å². The molecule has 11 heteroatoms. The van der Waals surface area contributed by atoms with E-state index >= 15 is 0 Å². The average molecular weight is 656 g/mol. The van der Waals surface area contributed by atoms with Gasteiger partial charge in [0, 0.05) is 32.2 Å². The number of hydrogen-bond acceptors (Lipinski definition) is 9. The van der Waals surface area contributed by atoms with Crippen molar-refractivity contribution in [2.24, 2.45) is 0 Å². The van der Waals surface area contributed by atoms with Crippen LogP contribution in [0.15, 0.2) is 75.9 Å². The monoisotopic (exact) mass is 655 g/mol. The Labute approximate surface area is 281 Å². The Morgan fingerprint density at radius 1 is 1.00 bits per heavy atom. The smallest absolute Gasteiger partial charge is 0.412 e. The zero-order valence-corrected chi connectivity index (χ0v) is 28.4. The third-order valence-electron chi connectivity index (χ3n) is 8.17. The van der Waals surface area contributed by atoms with Gasteiger partial charge in [-0.3, -0.25) is 15.0 Å². The Kier molecular flexibility index (Phi) is 11.0. The van der Waals surface area contributed by atoms with Crippen LogP contribution in [0.3, 0.4) is 0 Å². The van der Waals surface area contributed by atoms with Crippen LogP contribution < -0.4 is 21.0 Å². The summed E-state index contributed by atoms with van der Waals surface area (Å²) in [5.41, 5.74) is 1.83. The van der Waals surface area contributed by atoms with E-state index in [2.05, 4.69) is 20.5 Å². The van der Waals surface area contributed by atoms with Crippen LogP contribution in [0.5, 0.6) is 5.75 Å². The summed E-state index contributed by atoms with van der Waals surface area (Å²) in [7, 11) is 1.74. The van der Waals surface area contributed by atoms with Crippen molar-refractivity contribution in [2.75, 3.05) is 43.9 Å².